The van der Waals surface area contributed by atoms with Gasteiger partial charge >= 0.3 is 0 Å². The van der Waals surface area contributed by atoms with Gasteiger partial charge in [0, 0.05) is 24.3 Å². The molecule has 1 aliphatic heterocycles. The van der Waals surface area contributed by atoms with Crippen LogP contribution in [0.3, 0.4) is 0 Å². The van der Waals surface area contributed by atoms with Crippen LogP contribution in [0, 0.1) is 12.3 Å². The van der Waals surface area contributed by atoms with Crippen LogP contribution in [0.2, 0.25) is 0 Å². The van der Waals surface area contributed by atoms with Crippen LogP contribution in [0.15, 0.2) is 24.3 Å². The number of hydrogen-bond donors (Lipinski definition) is 2. The van der Waals surface area contributed by atoms with Crippen molar-refractivity contribution in [3.63, 3.8) is 0 Å². The zero-order chi connectivity index (χ0) is 19.5. The van der Waals surface area contributed by atoms with E-state index in [0.717, 1.165) is 58.3 Å². The smallest absolute Gasteiger partial charge is 0.168 e. The second kappa shape index (κ2) is 8.20. The Morgan fingerprint density at radius 1 is 1.04 bits per heavy atom. The number of nitrogens with one attached hydrogen (secondary N) is 1. The van der Waals surface area contributed by atoms with Crippen molar-refractivity contribution >= 4 is 0 Å². The standard InChI is InChI=1S/C23H37NO3/c1-5-20(19-8-6-18(2)7-9-19)24-15-14-22(25)10-12-23(13-11-22)26-16-21(3,4)17-27-23/h6-9,20,24-25H,5,10-17H2,1-4H3. The molecule has 2 fully saturated rings. The maximum absolute atomic E-state index is 11.0. The van der Waals surface area contributed by atoms with Crippen LogP contribution in [0.1, 0.15) is 76.5 Å². The number of hydrogen-bond acceptors (Lipinski definition) is 4. The predicted molar refractivity (Wildman–Crippen MR) is 109 cm³/mol. The van der Waals surface area contributed by atoms with E-state index in [1.165, 1.54) is 11.1 Å². The Balaban J connectivity index is 1.46. The Kier molecular flexibility index (Phi) is 6.31. The summed E-state index contributed by atoms with van der Waals surface area (Å²) in [6, 6.07) is 9.08. The summed E-state index contributed by atoms with van der Waals surface area (Å²) in [6.45, 7) is 11.0. The van der Waals surface area contributed by atoms with Gasteiger partial charge in [0.25, 0.3) is 0 Å². The molecular formula is C23H37NO3. The number of ether oxygens (including phenoxy) is 2. The lowest BCUT2D eigenvalue weighted by molar-refractivity contribution is -0.319. The molecule has 1 saturated heterocycles. The fourth-order valence-corrected chi connectivity index (χ4v) is 4.15. The van der Waals surface area contributed by atoms with Gasteiger partial charge in [-0.2, -0.15) is 0 Å². The van der Waals surface area contributed by atoms with Crippen LogP contribution in [-0.4, -0.2) is 36.3 Å². The molecule has 2 N–H and O–H groups in total. The fourth-order valence-electron chi connectivity index (χ4n) is 4.15. The highest BCUT2D eigenvalue weighted by Gasteiger charge is 2.46. The third-order valence-electron chi connectivity index (χ3n) is 6.26. The van der Waals surface area contributed by atoms with E-state index in [0.29, 0.717) is 6.04 Å². The van der Waals surface area contributed by atoms with E-state index in [4.69, 9.17) is 9.47 Å². The van der Waals surface area contributed by atoms with Gasteiger partial charge in [-0.05, 0) is 44.7 Å². The van der Waals surface area contributed by atoms with Crippen molar-refractivity contribution in [3.8, 4) is 0 Å². The van der Waals surface area contributed by atoms with Gasteiger partial charge < -0.3 is 19.9 Å². The lowest BCUT2D eigenvalue weighted by Gasteiger charge is -2.48. The molecule has 1 heterocycles. The lowest BCUT2D eigenvalue weighted by Crippen LogP contribution is -2.52. The average molecular weight is 376 g/mol. The Morgan fingerprint density at radius 2 is 1.63 bits per heavy atom. The molecule has 1 spiro atoms. The summed E-state index contributed by atoms with van der Waals surface area (Å²) in [5.74, 6) is -0.455. The molecule has 0 bridgehead atoms. The first-order valence-electron chi connectivity index (χ1n) is 10.6. The third kappa shape index (κ3) is 5.32. The van der Waals surface area contributed by atoms with E-state index >= 15 is 0 Å². The van der Waals surface area contributed by atoms with E-state index in [2.05, 4.69) is 57.3 Å². The molecule has 1 aromatic rings. The molecule has 27 heavy (non-hydrogen) atoms. The summed E-state index contributed by atoms with van der Waals surface area (Å²) >= 11 is 0. The summed E-state index contributed by atoms with van der Waals surface area (Å²) in [5, 5.41) is 14.7. The zero-order valence-corrected chi connectivity index (χ0v) is 17.5. The molecule has 0 amide bonds. The zero-order valence-electron chi connectivity index (χ0n) is 17.5. The van der Waals surface area contributed by atoms with Crippen molar-refractivity contribution < 1.29 is 14.6 Å². The van der Waals surface area contributed by atoms with Gasteiger partial charge in [0.05, 0.1) is 18.8 Å². The molecule has 0 aromatic heterocycles. The summed E-state index contributed by atoms with van der Waals surface area (Å²) in [5.41, 5.74) is 2.09. The van der Waals surface area contributed by atoms with E-state index in [-0.39, 0.29) is 5.41 Å². The summed E-state index contributed by atoms with van der Waals surface area (Å²) in [4.78, 5) is 0. The minimum atomic E-state index is -0.608. The second-order valence-corrected chi connectivity index (χ2v) is 9.45. The Morgan fingerprint density at radius 3 is 2.19 bits per heavy atom. The molecule has 4 nitrogen and oxygen atoms in total. The number of aliphatic hydroxyl groups is 1. The van der Waals surface area contributed by atoms with Crippen LogP contribution < -0.4 is 5.32 Å². The highest BCUT2D eigenvalue weighted by atomic mass is 16.7. The van der Waals surface area contributed by atoms with Gasteiger partial charge in [0.1, 0.15) is 0 Å². The molecule has 1 atom stereocenters. The lowest BCUT2D eigenvalue weighted by atomic mass is 9.78. The van der Waals surface area contributed by atoms with Crippen molar-refractivity contribution in [3.05, 3.63) is 35.4 Å². The molecular weight excluding hydrogens is 338 g/mol. The average Bonchev–Trinajstić information content (AvgIpc) is 2.65. The predicted octanol–water partition coefficient (Wildman–Crippen LogP) is 4.50. The van der Waals surface area contributed by atoms with Crippen molar-refractivity contribution in [2.45, 2.75) is 83.6 Å². The van der Waals surface area contributed by atoms with Crippen LogP contribution in [0.5, 0.6) is 0 Å². The quantitative estimate of drug-likeness (QED) is 0.769. The third-order valence-corrected chi connectivity index (χ3v) is 6.26. The number of rotatable bonds is 6. The normalized spacial score (nSPS) is 24.6. The maximum Gasteiger partial charge on any atom is 0.168 e. The first kappa shape index (κ1) is 20.8. The van der Waals surface area contributed by atoms with Gasteiger partial charge in [-0.1, -0.05) is 50.6 Å². The van der Waals surface area contributed by atoms with E-state index in [9.17, 15) is 5.11 Å². The molecule has 1 saturated carbocycles. The first-order valence-corrected chi connectivity index (χ1v) is 10.6. The number of aryl methyl sites for hydroxylation is 1. The van der Waals surface area contributed by atoms with Gasteiger partial charge in [-0.15, -0.1) is 0 Å². The van der Waals surface area contributed by atoms with Gasteiger partial charge in [-0.25, -0.2) is 0 Å². The number of benzene rings is 1. The van der Waals surface area contributed by atoms with Crippen molar-refractivity contribution in [2.75, 3.05) is 19.8 Å². The van der Waals surface area contributed by atoms with Crippen molar-refractivity contribution in [2.24, 2.45) is 5.41 Å². The molecule has 1 aliphatic carbocycles. The molecule has 1 aromatic carbocycles. The molecule has 152 valence electrons. The monoisotopic (exact) mass is 375 g/mol. The van der Waals surface area contributed by atoms with Gasteiger partial charge in [0.2, 0.25) is 0 Å². The minimum Gasteiger partial charge on any atom is -0.390 e. The van der Waals surface area contributed by atoms with Gasteiger partial charge in [0.15, 0.2) is 5.79 Å². The summed E-state index contributed by atoms with van der Waals surface area (Å²) in [6.07, 6.45) is 4.88. The Hall–Kier alpha value is -0.940. The molecule has 1 unspecified atom stereocenters. The summed E-state index contributed by atoms with van der Waals surface area (Å²) in [7, 11) is 0. The Bertz CT molecular complexity index is 591. The van der Waals surface area contributed by atoms with E-state index in [1.807, 2.05) is 0 Å². The molecule has 4 heteroatoms. The fraction of sp³-hybridized carbons (Fsp3) is 0.739. The van der Waals surface area contributed by atoms with Crippen LogP contribution >= 0.6 is 0 Å². The molecule has 2 aliphatic rings. The SMILES string of the molecule is CCC(NCCC1(O)CCC2(CC1)OCC(C)(C)CO2)c1ccc(C)cc1. The first-order chi connectivity index (χ1) is 12.7. The second-order valence-electron chi connectivity index (χ2n) is 9.45. The summed E-state index contributed by atoms with van der Waals surface area (Å²) < 4.78 is 12.2. The van der Waals surface area contributed by atoms with E-state index < -0.39 is 11.4 Å². The topological polar surface area (TPSA) is 50.7 Å². The molecule has 0 radical (unpaired) electrons. The largest absolute Gasteiger partial charge is 0.390 e. The highest BCUT2D eigenvalue weighted by Crippen LogP contribution is 2.43. The van der Waals surface area contributed by atoms with Crippen molar-refractivity contribution in [1.82, 2.24) is 5.32 Å². The van der Waals surface area contributed by atoms with Crippen LogP contribution in [0.4, 0.5) is 0 Å². The molecule has 3 rings (SSSR count). The van der Waals surface area contributed by atoms with Crippen LogP contribution in [-0.2, 0) is 9.47 Å². The van der Waals surface area contributed by atoms with Gasteiger partial charge in [-0.3, -0.25) is 0 Å². The maximum atomic E-state index is 11.0. The van der Waals surface area contributed by atoms with Crippen molar-refractivity contribution in [1.29, 1.82) is 0 Å². The van der Waals surface area contributed by atoms with E-state index in [1.54, 1.807) is 0 Å². The minimum absolute atomic E-state index is 0.0913. The Labute approximate surface area is 164 Å². The van der Waals surface area contributed by atoms with Crippen LogP contribution in [0.25, 0.3) is 0 Å². The highest BCUT2D eigenvalue weighted by molar-refractivity contribution is 5.24.